The number of carbonyl (C=O) groups is 1. The van der Waals surface area contributed by atoms with Gasteiger partial charge in [-0.25, -0.2) is 21.9 Å². The van der Waals surface area contributed by atoms with E-state index >= 15 is 0 Å². The first-order valence-corrected chi connectivity index (χ1v) is 9.20. The fourth-order valence-corrected chi connectivity index (χ4v) is 3.86. The molecule has 3 rings (SSSR count). The van der Waals surface area contributed by atoms with Gasteiger partial charge in [-0.1, -0.05) is 18.2 Å². The van der Waals surface area contributed by atoms with Crippen LogP contribution in [0.15, 0.2) is 47.4 Å². The van der Waals surface area contributed by atoms with E-state index in [9.17, 15) is 22.0 Å². The van der Waals surface area contributed by atoms with Gasteiger partial charge in [0.05, 0.1) is 0 Å². The van der Waals surface area contributed by atoms with Crippen LogP contribution in [0.25, 0.3) is 0 Å². The minimum Gasteiger partial charge on any atom is -0.312 e. The molecule has 2 aromatic rings. The Morgan fingerprint density at radius 1 is 1.04 bits per heavy atom. The number of amides is 1. The molecule has 0 unspecified atom stereocenters. The lowest BCUT2D eigenvalue weighted by atomic mass is 10.2. The van der Waals surface area contributed by atoms with Gasteiger partial charge in [0.2, 0.25) is 15.9 Å². The molecule has 1 heterocycles. The molecule has 0 aromatic heterocycles. The molecule has 1 N–H and O–H groups in total. The third kappa shape index (κ3) is 3.69. The highest BCUT2D eigenvalue weighted by Gasteiger charge is 2.24. The number of nitrogens with one attached hydrogen (secondary N) is 1. The molecular formula is C17H16F2N2O3S. The van der Waals surface area contributed by atoms with Gasteiger partial charge >= 0.3 is 0 Å². The van der Waals surface area contributed by atoms with Gasteiger partial charge in [-0.3, -0.25) is 4.79 Å². The summed E-state index contributed by atoms with van der Waals surface area (Å²) in [6, 6.07) is 9.65. The first kappa shape index (κ1) is 17.5. The molecule has 1 aliphatic heterocycles. The van der Waals surface area contributed by atoms with Crippen molar-refractivity contribution in [2.75, 3.05) is 11.4 Å². The van der Waals surface area contributed by atoms with Crippen molar-refractivity contribution in [2.24, 2.45) is 0 Å². The zero-order chi connectivity index (χ0) is 18.0. The van der Waals surface area contributed by atoms with Crippen LogP contribution in [0.3, 0.4) is 0 Å². The molecule has 25 heavy (non-hydrogen) atoms. The molecule has 0 bridgehead atoms. The lowest BCUT2D eigenvalue weighted by molar-refractivity contribution is -0.117. The predicted molar refractivity (Wildman–Crippen MR) is 88.4 cm³/mol. The summed E-state index contributed by atoms with van der Waals surface area (Å²) < 4.78 is 53.7. The molecule has 0 aliphatic carbocycles. The smallest absolute Gasteiger partial charge is 0.246 e. The largest absolute Gasteiger partial charge is 0.312 e. The summed E-state index contributed by atoms with van der Waals surface area (Å²) in [7, 11) is -4.32. The monoisotopic (exact) mass is 366 g/mol. The Morgan fingerprint density at radius 2 is 1.68 bits per heavy atom. The van der Waals surface area contributed by atoms with Crippen LogP contribution in [-0.4, -0.2) is 20.9 Å². The SMILES string of the molecule is O=C1CCCN1c1ccc(CNS(=O)(=O)c2c(F)cccc2F)cc1. The van der Waals surface area contributed by atoms with Crippen molar-refractivity contribution in [2.45, 2.75) is 24.3 Å². The van der Waals surface area contributed by atoms with Gasteiger partial charge < -0.3 is 4.90 Å². The van der Waals surface area contributed by atoms with Crippen LogP contribution in [0.4, 0.5) is 14.5 Å². The molecule has 1 amide bonds. The molecule has 0 radical (unpaired) electrons. The van der Waals surface area contributed by atoms with Gasteiger partial charge in [0.25, 0.3) is 0 Å². The number of carbonyl (C=O) groups excluding carboxylic acids is 1. The zero-order valence-electron chi connectivity index (χ0n) is 13.2. The van der Waals surface area contributed by atoms with E-state index < -0.39 is 26.6 Å². The highest BCUT2D eigenvalue weighted by atomic mass is 32.2. The lowest BCUT2D eigenvalue weighted by Crippen LogP contribution is -2.25. The Labute approximate surface area is 144 Å². The predicted octanol–water partition coefficient (Wildman–Crippen LogP) is 2.57. The quantitative estimate of drug-likeness (QED) is 0.884. The van der Waals surface area contributed by atoms with Crippen molar-refractivity contribution in [3.05, 3.63) is 59.7 Å². The van der Waals surface area contributed by atoms with Crippen LogP contribution in [0.5, 0.6) is 0 Å². The summed E-state index contributed by atoms with van der Waals surface area (Å²) in [5.41, 5.74) is 1.35. The van der Waals surface area contributed by atoms with E-state index in [1.165, 1.54) is 0 Å². The van der Waals surface area contributed by atoms with Crippen LogP contribution < -0.4 is 9.62 Å². The van der Waals surface area contributed by atoms with Crippen LogP contribution in [0, 0.1) is 11.6 Å². The number of benzene rings is 2. The van der Waals surface area contributed by atoms with Crippen LogP contribution >= 0.6 is 0 Å². The minimum absolute atomic E-state index is 0.0588. The average Bonchev–Trinajstić information content (AvgIpc) is 2.99. The standard InChI is InChI=1S/C17H16F2N2O3S/c18-14-3-1-4-15(19)17(14)25(23,24)20-11-12-6-8-13(9-7-12)21-10-2-5-16(21)22/h1,3-4,6-9,20H,2,5,10-11H2. The summed E-state index contributed by atoms with van der Waals surface area (Å²) in [6.45, 7) is 0.543. The molecule has 0 spiro atoms. The second-order valence-corrected chi connectivity index (χ2v) is 7.39. The van der Waals surface area contributed by atoms with Crippen molar-refractivity contribution in [1.82, 2.24) is 4.72 Å². The van der Waals surface area contributed by atoms with Gasteiger partial charge in [0.1, 0.15) is 11.6 Å². The maximum atomic E-state index is 13.6. The summed E-state index contributed by atoms with van der Waals surface area (Å²) in [4.78, 5) is 12.4. The Morgan fingerprint density at radius 3 is 2.24 bits per heavy atom. The highest BCUT2D eigenvalue weighted by Crippen LogP contribution is 2.22. The maximum Gasteiger partial charge on any atom is 0.246 e. The van der Waals surface area contributed by atoms with Gasteiger partial charge in [-0.2, -0.15) is 0 Å². The molecule has 0 saturated carbocycles. The van der Waals surface area contributed by atoms with Crippen molar-refractivity contribution >= 4 is 21.6 Å². The number of hydrogen-bond donors (Lipinski definition) is 1. The van der Waals surface area contributed by atoms with E-state index in [1.807, 2.05) is 0 Å². The molecule has 1 saturated heterocycles. The van der Waals surface area contributed by atoms with Crippen molar-refractivity contribution in [3.8, 4) is 0 Å². The second kappa shape index (κ2) is 6.89. The summed E-state index contributed by atoms with van der Waals surface area (Å²) in [6.07, 6.45) is 1.34. The van der Waals surface area contributed by atoms with Crippen LogP contribution in [0.1, 0.15) is 18.4 Å². The number of anilines is 1. The molecule has 2 aromatic carbocycles. The van der Waals surface area contributed by atoms with Gasteiger partial charge in [-0.05, 0) is 36.2 Å². The average molecular weight is 366 g/mol. The molecule has 5 nitrogen and oxygen atoms in total. The summed E-state index contributed by atoms with van der Waals surface area (Å²) in [5, 5.41) is 0. The number of hydrogen-bond acceptors (Lipinski definition) is 3. The number of nitrogens with zero attached hydrogens (tertiary/aromatic N) is 1. The van der Waals surface area contributed by atoms with Crippen LogP contribution in [-0.2, 0) is 21.4 Å². The van der Waals surface area contributed by atoms with E-state index in [2.05, 4.69) is 4.72 Å². The molecule has 1 fully saturated rings. The van der Waals surface area contributed by atoms with Crippen molar-refractivity contribution in [1.29, 1.82) is 0 Å². The third-order valence-corrected chi connectivity index (χ3v) is 5.43. The lowest BCUT2D eigenvalue weighted by Gasteiger charge is -2.16. The zero-order valence-corrected chi connectivity index (χ0v) is 14.0. The summed E-state index contributed by atoms with van der Waals surface area (Å²) >= 11 is 0. The normalized spacial score (nSPS) is 15.0. The maximum absolute atomic E-state index is 13.6. The number of rotatable bonds is 5. The minimum atomic E-state index is -4.32. The second-order valence-electron chi connectivity index (χ2n) is 5.69. The number of halogens is 2. The van der Waals surface area contributed by atoms with E-state index in [4.69, 9.17) is 0 Å². The third-order valence-electron chi connectivity index (χ3n) is 3.98. The van der Waals surface area contributed by atoms with E-state index in [-0.39, 0.29) is 12.5 Å². The molecule has 0 atom stereocenters. The Bertz CT molecular complexity index is 878. The van der Waals surface area contributed by atoms with Gasteiger partial charge in [0, 0.05) is 25.2 Å². The fourth-order valence-electron chi connectivity index (χ4n) is 2.70. The van der Waals surface area contributed by atoms with E-state index in [1.54, 1.807) is 29.2 Å². The highest BCUT2D eigenvalue weighted by molar-refractivity contribution is 7.89. The fraction of sp³-hybridized carbons (Fsp3) is 0.235. The van der Waals surface area contributed by atoms with E-state index in [0.717, 1.165) is 30.3 Å². The Kier molecular flexibility index (Phi) is 4.82. The topological polar surface area (TPSA) is 66.5 Å². The van der Waals surface area contributed by atoms with Gasteiger partial charge in [-0.15, -0.1) is 0 Å². The van der Waals surface area contributed by atoms with Crippen LogP contribution in [0.2, 0.25) is 0 Å². The van der Waals surface area contributed by atoms with E-state index in [0.29, 0.717) is 18.5 Å². The first-order valence-electron chi connectivity index (χ1n) is 7.71. The molecular weight excluding hydrogens is 350 g/mol. The molecule has 132 valence electrons. The van der Waals surface area contributed by atoms with Crippen molar-refractivity contribution < 1.29 is 22.0 Å². The van der Waals surface area contributed by atoms with Crippen molar-refractivity contribution in [3.63, 3.8) is 0 Å². The Balaban J connectivity index is 1.72. The number of sulfonamides is 1. The van der Waals surface area contributed by atoms with Gasteiger partial charge in [0.15, 0.2) is 4.90 Å². The Hall–Kier alpha value is -2.32. The molecule has 8 heteroatoms. The summed E-state index contributed by atoms with van der Waals surface area (Å²) in [5.74, 6) is -2.23. The first-order chi connectivity index (χ1) is 11.9. The molecule has 1 aliphatic rings.